The first-order valence-corrected chi connectivity index (χ1v) is 5.33. The van der Waals surface area contributed by atoms with Crippen molar-refractivity contribution in [3.8, 4) is 6.07 Å². The van der Waals surface area contributed by atoms with Crippen LogP contribution in [-0.4, -0.2) is 24.6 Å². The highest BCUT2D eigenvalue weighted by Gasteiger charge is 2.02. The average molecular weight is 172 g/mol. The zero-order chi connectivity index (χ0) is 8.53. The smallest absolute Gasteiger partial charge is 0.0635 e. The van der Waals surface area contributed by atoms with E-state index in [0.717, 1.165) is 18.7 Å². The molecule has 0 rings (SSSR count). The van der Waals surface area contributed by atoms with Crippen molar-refractivity contribution in [1.29, 1.82) is 5.26 Å². The fourth-order valence-corrected chi connectivity index (χ4v) is 1.61. The van der Waals surface area contributed by atoms with Gasteiger partial charge < -0.3 is 5.32 Å². The minimum absolute atomic E-state index is 0.582. The molecule has 0 aromatic heterocycles. The molecule has 0 aromatic rings. The van der Waals surface area contributed by atoms with Crippen LogP contribution in [0.4, 0.5) is 0 Å². The van der Waals surface area contributed by atoms with Crippen molar-refractivity contribution in [2.45, 2.75) is 25.8 Å². The van der Waals surface area contributed by atoms with Crippen molar-refractivity contribution in [3.05, 3.63) is 0 Å². The molecule has 0 spiro atoms. The summed E-state index contributed by atoms with van der Waals surface area (Å²) in [6.45, 7) is 3.00. The second kappa shape index (κ2) is 7.90. The third kappa shape index (κ3) is 6.21. The molecular formula is C8H16N2S. The van der Waals surface area contributed by atoms with Gasteiger partial charge in [0.25, 0.3) is 0 Å². The van der Waals surface area contributed by atoms with E-state index in [4.69, 9.17) is 5.26 Å². The van der Waals surface area contributed by atoms with Gasteiger partial charge >= 0.3 is 0 Å². The van der Waals surface area contributed by atoms with E-state index in [1.807, 2.05) is 11.8 Å². The maximum atomic E-state index is 8.29. The fraction of sp³-hybridized carbons (Fsp3) is 0.875. The first kappa shape index (κ1) is 10.8. The Bertz CT molecular complexity index is 120. The molecule has 0 saturated carbocycles. The molecule has 0 aliphatic carbocycles. The quantitative estimate of drug-likeness (QED) is 0.619. The van der Waals surface area contributed by atoms with Gasteiger partial charge in [-0.25, -0.2) is 0 Å². The van der Waals surface area contributed by atoms with Gasteiger partial charge in [-0.2, -0.15) is 17.0 Å². The van der Waals surface area contributed by atoms with Gasteiger partial charge in [0, 0.05) is 24.8 Å². The van der Waals surface area contributed by atoms with Crippen LogP contribution in [0.3, 0.4) is 0 Å². The summed E-state index contributed by atoms with van der Waals surface area (Å²) in [6.07, 6.45) is 3.87. The molecule has 1 N–H and O–H groups in total. The first-order valence-electron chi connectivity index (χ1n) is 3.94. The molecule has 0 aliphatic rings. The van der Waals surface area contributed by atoms with Gasteiger partial charge in [0.1, 0.15) is 0 Å². The van der Waals surface area contributed by atoms with Gasteiger partial charge in [-0.05, 0) is 12.7 Å². The van der Waals surface area contributed by atoms with Gasteiger partial charge in [0.2, 0.25) is 0 Å². The number of rotatable bonds is 6. The van der Waals surface area contributed by atoms with Gasteiger partial charge in [0.05, 0.1) is 6.07 Å². The Balaban J connectivity index is 3.29. The SMILES string of the molecule is CCC(CSC)NCCC#N. The Morgan fingerprint density at radius 2 is 2.36 bits per heavy atom. The molecule has 64 valence electrons. The van der Waals surface area contributed by atoms with Gasteiger partial charge in [0.15, 0.2) is 0 Å². The number of nitrogens with zero attached hydrogens (tertiary/aromatic N) is 1. The van der Waals surface area contributed by atoms with E-state index in [-0.39, 0.29) is 0 Å². The van der Waals surface area contributed by atoms with Crippen LogP contribution in [0.15, 0.2) is 0 Å². The molecule has 1 unspecified atom stereocenters. The van der Waals surface area contributed by atoms with Crippen LogP contribution in [0.25, 0.3) is 0 Å². The summed E-state index contributed by atoms with van der Waals surface area (Å²) in [5.74, 6) is 1.14. The zero-order valence-electron chi connectivity index (χ0n) is 7.26. The van der Waals surface area contributed by atoms with Gasteiger partial charge in [-0.3, -0.25) is 0 Å². The number of nitriles is 1. The summed E-state index contributed by atoms with van der Waals surface area (Å²) < 4.78 is 0. The first-order chi connectivity index (χ1) is 5.35. The summed E-state index contributed by atoms with van der Waals surface area (Å²) in [5.41, 5.74) is 0. The lowest BCUT2D eigenvalue weighted by Gasteiger charge is -2.13. The van der Waals surface area contributed by atoms with Crippen molar-refractivity contribution >= 4 is 11.8 Å². The van der Waals surface area contributed by atoms with Crippen LogP contribution in [-0.2, 0) is 0 Å². The summed E-state index contributed by atoms with van der Waals surface area (Å²) in [4.78, 5) is 0. The molecule has 11 heavy (non-hydrogen) atoms. The Morgan fingerprint density at radius 3 is 2.82 bits per heavy atom. The Labute approximate surface area is 73.4 Å². The highest BCUT2D eigenvalue weighted by Crippen LogP contribution is 2.00. The average Bonchev–Trinajstić information content (AvgIpc) is 2.03. The van der Waals surface area contributed by atoms with Crippen molar-refractivity contribution in [3.63, 3.8) is 0 Å². The van der Waals surface area contributed by atoms with E-state index in [1.54, 1.807) is 0 Å². The fourth-order valence-electron chi connectivity index (χ4n) is 0.854. The summed E-state index contributed by atoms with van der Waals surface area (Å²) in [7, 11) is 0. The normalized spacial score (nSPS) is 12.5. The summed E-state index contributed by atoms with van der Waals surface area (Å²) >= 11 is 1.85. The molecule has 0 aliphatic heterocycles. The van der Waals surface area contributed by atoms with Crippen LogP contribution in [0.2, 0.25) is 0 Å². The molecule has 0 saturated heterocycles. The summed E-state index contributed by atoms with van der Waals surface area (Å²) in [5, 5.41) is 11.6. The van der Waals surface area contributed by atoms with E-state index >= 15 is 0 Å². The molecule has 0 amide bonds. The minimum atomic E-state index is 0.582. The van der Waals surface area contributed by atoms with Crippen molar-refractivity contribution in [2.24, 2.45) is 0 Å². The number of hydrogen-bond acceptors (Lipinski definition) is 3. The monoisotopic (exact) mass is 172 g/mol. The van der Waals surface area contributed by atoms with Gasteiger partial charge in [-0.1, -0.05) is 6.92 Å². The summed E-state index contributed by atoms with van der Waals surface area (Å²) in [6, 6.07) is 2.70. The molecule has 0 heterocycles. The number of nitrogens with one attached hydrogen (secondary N) is 1. The van der Waals surface area contributed by atoms with Crippen LogP contribution in [0, 0.1) is 11.3 Å². The second-order valence-electron chi connectivity index (χ2n) is 2.42. The third-order valence-electron chi connectivity index (χ3n) is 1.53. The predicted molar refractivity (Wildman–Crippen MR) is 50.7 cm³/mol. The molecule has 2 nitrogen and oxygen atoms in total. The van der Waals surface area contributed by atoms with E-state index in [9.17, 15) is 0 Å². The van der Waals surface area contributed by atoms with Crippen molar-refractivity contribution < 1.29 is 0 Å². The molecular weight excluding hydrogens is 156 g/mol. The van der Waals surface area contributed by atoms with Crippen molar-refractivity contribution in [1.82, 2.24) is 5.32 Å². The second-order valence-corrected chi connectivity index (χ2v) is 3.33. The van der Waals surface area contributed by atoms with E-state index in [0.29, 0.717) is 12.5 Å². The van der Waals surface area contributed by atoms with E-state index in [2.05, 4.69) is 24.6 Å². The molecule has 0 bridgehead atoms. The Morgan fingerprint density at radius 1 is 1.64 bits per heavy atom. The van der Waals surface area contributed by atoms with Crippen LogP contribution >= 0.6 is 11.8 Å². The van der Waals surface area contributed by atoms with Gasteiger partial charge in [-0.15, -0.1) is 0 Å². The highest BCUT2D eigenvalue weighted by atomic mass is 32.2. The van der Waals surface area contributed by atoms with Crippen LogP contribution in [0.1, 0.15) is 19.8 Å². The maximum Gasteiger partial charge on any atom is 0.0635 e. The Hall–Kier alpha value is -0.200. The molecule has 1 atom stereocenters. The number of hydrogen-bond donors (Lipinski definition) is 1. The molecule has 0 radical (unpaired) electrons. The molecule has 0 fully saturated rings. The number of thioether (sulfide) groups is 1. The molecule has 0 aromatic carbocycles. The van der Waals surface area contributed by atoms with Crippen molar-refractivity contribution in [2.75, 3.05) is 18.6 Å². The third-order valence-corrected chi connectivity index (χ3v) is 2.27. The topological polar surface area (TPSA) is 35.8 Å². The highest BCUT2D eigenvalue weighted by molar-refractivity contribution is 7.98. The zero-order valence-corrected chi connectivity index (χ0v) is 8.08. The van der Waals surface area contributed by atoms with E-state index in [1.165, 1.54) is 0 Å². The standard InChI is InChI=1S/C8H16N2S/c1-3-8(7-11-2)10-6-4-5-9/h8,10H,3-4,6-7H2,1-2H3. The minimum Gasteiger partial charge on any atom is -0.312 e. The van der Waals surface area contributed by atoms with E-state index < -0.39 is 0 Å². The lowest BCUT2D eigenvalue weighted by atomic mass is 10.2. The Kier molecular flexibility index (Phi) is 7.76. The lowest BCUT2D eigenvalue weighted by Crippen LogP contribution is -2.31. The predicted octanol–water partition coefficient (Wildman–Crippen LogP) is 1.63. The maximum absolute atomic E-state index is 8.29. The molecule has 3 heteroatoms. The van der Waals surface area contributed by atoms with Crippen LogP contribution in [0.5, 0.6) is 0 Å². The van der Waals surface area contributed by atoms with Crippen LogP contribution < -0.4 is 5.32 Å². The largest absolute Gasteiger partial charge is 0.312 e. The lowest BCUT2D eigenvalue weighted by molar-refractivity contribution is 0.549.